The molecule has 0 radical (unpaired) electrons. The van der Waals surface area contributed by atoms with E-state index in [-0.39, 0.29) is 24.9 Å². The van der Waals surface area contributed by atoms with Crippen molar-refractivity contribution in [2.75, 3.05) is 52.9 Å². The van der Waals surface area contributed by atoms with Crippen LogP contribution < -0.4 is 0 Å². The molecule has 2 saturated heterocycles. The Morgan fingerprint density at radius 2 is 1.77 bits per heavy atom. The molecule has 138 valence electrons. The van der Waals surface area contributed by atoms with Gasteiger partial charge in [0.25, 0.3) is 5.91 Å². The summed E-state index contributed by atoms with van der Waals surface area (Å²) in [7, 11) is 1.56. The van der Waals surface area contributed by atoms with E-state index < -0.39 is 6.03 Å². The van der Waals surface area contributed by atoms with E-state index in [1.54, 1.807) is 11.9 Å². The number of urea groups is 1. The lowest BCUT2D eigenvalue weighted by Crippen LogP contribution is -2.51. The number of carbonyl (C=O) groups is 3. The molecule has 0 bridgehead atoms. The van der Waals surface area contributed by atoms with Crippen LogP contribution in [0.5, 0.6) is 0 Å². The molecule has 0 unspecified atom stereocenters. The third kappa shape index (κ3) is 4.29. The third-order valence-electron chi connectivity index (χ3n) is 4.72. The summed E-state index contributed by atoms with van der Waals surface area (Å²) in [4.78, 5) is 42.4. The maximum absolute atomic E-state index is 12.4. The lowest BCUT2D eigenvalue weighted by atomic mass is 10.2. The highest BCUT2D eigenvalue weighted by Crippen LogP contribution is 2.10. The van der Waals surface area contributed by atoms with Crippen molar-refractivity contribution in [2.24, 2.45) is 0 Å². The second-order valence-corrected chi connectivity index (χ2v) is 6.61. The zero-order valence-corrected chi connectivity index (χ0v) is 15.0. The first-order valence-electron chi connectivity index (χ1n) is 8.82. The molecule has 1 aromatic rings. The number of piperazine rings is 1. The number of hydrogen-bond acceptors (Lipinski definition) is 4. The van der Waals surface area contributed by atoms with E-state index in [1.807, 2.05) is 18.2 Å². The second kappa shape index (κ2) is 8.14. The average molecular weight is 356 g/mol. The maximum atomic E-state index is 12.4. The third-order valence-corrected chi connectivity index (χ3v) is 4.72. The lowest BCUT2D eigenvalue weighted by Gasteiger charge is -2.34. The number of hydrogen-bond donors (Lipinski definition) is 0. The van der Waals surface area contributed by atoms with Gasteiger partial charge in [0.05, 0.1) is 0 Å². The van der Waals surface area contributed by atoms with Gasteiger partial charge in [-0.3, -0.25) is 19.4 Å². The Morgan fingerprint density at radius 1 is 1.08 bits per heavy atom. The van der Waals surface area contributed by atoms with Gasteiger partial charge in [0, 0.05) is 39.8 Å². The van der Waals surface area contributed by atoms with Gasteiger partial charge in [0.1, 0.15) is 13.1 Å². The van der Waals surface area contributed by atoms with Crippen LogP contribution in [0.4, 0.5) is 4.79 Å². The molecule has 2 fully saturated rings. The number of likely N-dealkylation sites (N-methyl/N-ethyl adjacent to an activating group) is 1. The van der Waals surface area contributed by atoms with Gasteiger partial charge in [-0.15, -0.1) is 0 Å². The Bertz CT molecular complexity index is 696. The quantitative estimate of drug-likeness (QED) is 0.730. The number of amides is 4. The molecule has 0 aliphatic carbocycles. The molecule has 0 saturated carbocycles. The Balaban J connectivity index is 1.43. The van der Waals surface area contributed by atoms with Crippen LogP contribution in [0, 0.1) is 0 Å². The molecule has 4 amide bonds. The van der Waals surface area contributed by atoms with E-state index in [9.17, 15) is 14.4 Å². The summed E-state index contributed by atoms with van der Waals surface area (Å²) in [5, 5.41) is 0. The monoisotopic (exact) mass is 356 g/mol. The fourth-order valence-electron chi connectivity index (χ4n) is 3.14. The van der Waals surface area contributed by atoms with Crippen molar-refractivity contribution in [2.45, 2.75) is 0 Å². The molecule has 7 nitrogen and oxygen atoms in total. The highest BCUT2D eigenvalue weighted by molar-refractivity contribution is 6.04. The van der Waals surface area contributed by atoms with Crippen LogP contribution in [0.3, 0.4) is 0 Å². The first-order chi connectivity index (χ1) is 12.5. The minimum atomic E-state index is -0.395. The molecule has 0 N–H and O–H groups in total. The second-order valence-electron chi connectivity index (χ2n) is 6.61. The first kappa shape index (κ1) is 18.1. The van der Waals surface area contributed by atoms with Crippen LogP contribution >= 0.6 is 0 Å². The summed E-state index contributed by atoms with van der Waals surface area (Å²) < 4.78 is 0. The van der Waals surface area contributed by atoms with E-state index in [2.05, 4.69) is 29.2 Å². The van der Waals surface area contributed by atoms with Crippen molar-refractivity contribution < 1.29 is 14.4 Å². The van der Waals surface area contributed by atoms with Gasteiger partial charge in [0.2, 0.25) is 5.91 Å². The van der Waals surface area contributed by atoms with E-state index >= 15 is 0 Å². The van der Waals surface area contributed by atoms with Crippen LogP contribution in [0.2, 0.25) is 0 Å². The normalized spacial score (nSPS) is 19.0. The standard InChI is InChI=1S/C19H24N4O3/c1-20-14-18(25)23(19(20)26)15-17(24)22-12-10-21(11-13-22)9-5-8-16-6-3-2-4-7-16/h2-8H,9-15H2,1H3/b8-5+. The fourth-order valence-corrected chi connectivity index (χ4v) is 3.14. The molecule has 3 rings (SSSR count). The zero-order valence-electron chi connectivity index (χ0n) is 15.0. The summed E-state index contributed by atoms with van der Waals surface area (Å²) in [5.41, 5.74) is 1.17. The van der Waals surface area contributed by atoms with Gasteiger partial charge >= 0.3 is 6.03 Å². The van der Waals surface area contributed by atoms with Gasteiger partial charge < -0.3 is 9.80 Å². The van der Waals surface area contributed by atoms with Crippen LogP contribution in [0.1, 0.15) is 5.56 Å². The molecule has 0 aromatic heterocycles. The topological polar surface area (TPSA) is 64.2 Å². The largest absolute Gasteiger partial charge is 0.339 e. The van der Waals surface area contributed by atoms with Crippen LogP contribution in [-0.2, 0) is 9.59 Å². The molecule has 7 heteroatoms. The van der Waals surface area contributed by atoms with Crippen LogP contribution in [-0.4, -0.2) is 90.3 Å². The average Bonchev–Trinajstić information content (AvgIpc) is 2.89. The molecule has 2 heterocycles. The van der Waals surface area contributed by atoms with Gasteiger partial charge in [-0.05, 0) is 5.56 Å². The van der Waals surface area contributed by atoms with Crippen molar-refractivity contribution in [1.29, 1.82) is 0 Å². The van der Waals surface area contributed by atoms with Gasteiger partial charge in [-0.1, -0.05) is 42.5 Å². The first-order valence-corrected chi connectivity index (χ1v) is 8.82. The molecule has 0 spiro atoms. The summed E-state index contributed by atoms with van der Waals surface area (Å²) in [6.45, 7) is 3.53. The Kier molecular flexibility index (Phi) is 5.68. The Hall–Kier alpha value is -2.67. The highest BCUT2D eigenvalue weighted by atomic mass is 16.2. The smallest absolute Gasteiger partial charge is 0.327 e. The Labute approximate surface area is 153 Å². The van der Waals surface area contributed by atoms with Gasteiger partial charge in [0.15, 0.2) is 0 Å². The van der Waals surface area contributed by atoms with Gasteiger partial charge in [-0.25, -0.2) is 4.79 Å². The number of nitrogens with zero attached hydrogens (tertiary/aromatic N) is 4. The summed E-state index contributed by atoms with van der Waals surface area (Å²) in [6, 6.07) is 9.74. The molecule has 0 atom stereocenters. The van der Waals surface area contributed by atoms with E-state index in [1.165, 1.54) is 10.5 Å². The zero-order chi connectivity index (χ0) is 18.5. The van der Waals surface area contributed by atoms with Crippen molar-refractivity contribution in [1.82, 2.24) is 19.6 Å². The maximum Gasteiger partial charge on any atom is 0.327 e. The van der Waals surface area contributed by atoms with Crippen molar-refractivity contribution in [3.63, 3.8) is 0 Å². The van der Waals surface area contributed by atoms with Crippen molar-refractivity contribution in [3.8, 4) is 0 Å². The molecule has 26 heavy (non-hydrogen) atoms. The number of imide groups is 1. The summed E-state index contributed by atoms with van der Waals surface area (Å²) >= 11 is 0. The number of benzene rings is 1. The molecule has 2 aliphatic rings. The van der Waals surface area contributed by atoms with E-state index in [0.717, 1.165) is 24.5 Å². The van der Waals surface area contributed by atoms with Gasteiger partial charge in [-0.2, -0.15) is 0 Å². The SMILES string of the molecule is CN1CC(=O)N(CC(=O)N2CCN(C/C=C/c3ccccc3)CC2)C1=O. The molecular formula is C19H24N4O3. The van der Waals surface area contributed by atoms with Crippen LogP contribution in [0.25, 0.3) is 6.08 Å². The van der Waals surface area contributed by atoms with E-state index in [0.29, 0.717) is 13.1 Å². The summed E-state index contributed by atoms with van der Waals surface area (Å²) in [6.07, 6.45) is 4.23. The fraction of sp³-hybridized carbons (Fsp3) is 0.421. The Morgan fingerprint density at radius 3 is 2.38 bits per heavy atom. The lowest BCUT2D eigenvalue weighted by molar-refractivity contribution is -0.137. The minimum absolute atomic E-state index is 0.0492. The number of carbonyl (C=O) groups excluding carboxylic acids is 3. The molecule has 1 aromatic carbocycles. The van der Waals surface area contributed by atoms with Crippen molar-refractivity contribution in [3.05, 3.63) is 42.0 Å². The minimum Gasteiger partial charge on any atom is -0.339 e. The van der Waals surface area contributed by atoms with Crippen molar-refractivity contribution >= 4 is 23.9 Å². The predicted molar refractivity (Wildman–Crippen MR) is 98.2 cm³/mol. The molecular weight excluding hydrogens is 332 g/mol. The predicted octanol–water partition coefficient (Wildman–Crippen LogP) is 0.738. The van der Waals surface area contributed by atoms with Crippen LogP contribution in [0.15, 0.2) is 36.4 Å². The summed E-state index contributed by atoms with van der Waals surface area (Å²) in [5.74, 6) is -0.475. The van der Waals surface area contributed by atoms with E-state index in [4.69, 9.17) is 0 Å². The highest BCUT2D eigenvalue weighted by Gasteiger charge is 2.36. The molecule has 2 aliphatic heterocycles. The number of rotatable bonds is 5.